The normalized spacial score (nSPS) is 10.6. The molecule has 0 radical (unpaired) electrons. The Morgan fingerprint density at radius 1 is 1.06 bits per heavy atom. The molecule has 2 aromatic carbocycles. The van der Waals surface area contributed by atoms with Gasteiger partial charge in [0, 0.05) is 0 Å². The second kappa shape index (κ2) is 6.34. The van der Waals surface area contributed by atoms with E-state index in [1.807, 2.05) is 6.07 Å². The molecule has 0 fully saturated rings. The summed E-state index contributed by atoms with van der Waals surface area (Å²) >= 11 is 0. The first kappa shape index (κ1) is 12.8. The lowest BCUT2D eigenvalue weighted by Gasteiger charge is -2.11. The van der Waals surface area contributed by atoms with E-state index < -0.39 is 0 Å². The number of benzene rings is 2. The van der Waals surface area contributed by atoms with Gasteiger partial charge in [-0.05, 0) is 35.1 Å². The molecule has 2 N–H and O–H groups in total. The summed E-state index contributed by atoms with van der Waals surface area (Å²) in [6, 6.07) is 17.1. The Morgan fingerprint density at radius 3 is 2.50 bits per heavy atom. The first-order chi connectivity index (χ1) is 8.85. The summed E-state index contributed by atoms with van der Waals surface area (Å²) in [7, 11) is 0. The predicted molar refractivity (Wildman–Crippen MR) is 75.1 cm³/mol. The molecule has 0 bridgehead atoms. The maximum Gasteiger partial charge on any atom is 0.0719 e. The highest BCUT2D eigenvalue weighted by molar-refractivity contribution is 5.68. The quantitative estimate of drug-likeness (QED) is 0.815. The van der Waals surface area contributed by atoms with Crippen LogP contribution in [0.5, 0.6) is 0 Å². The molecule has 0 aliphatic heterocycles. The number of rotatable bonds is 5. The third kappa shape index (κ3) is 2.97. The summed E-state index contributed by atoms with van der Waals surface area (Å²) in [4.78, 5) is 4.65. The smallest absolute Gasteiger partial charge is 0.0719 e. The monoisotopic (exact) mass is 241 g/mol. The van der Waals surface area contributed by atoms with E-state index in [9.17, 15) is 0 Å². The van der Waals surface area contributed by atoms with Crippen LogP contribution in [0.25, 0.3) is 11.1 Å². The molecule has 0 atom stereocenters. The van der Waals surface area contributed by atoms with E-state index in [1.54, 1.807) is 0 Å². The summed E-state index contributed by atoms with van der Waals surface area (Å²) < 4.78 is 0. The summed E-state index contributed by atoms with van der Waals surface area (Å²) in [6.45, 7) is 2.74. The van der Waals surface area contributed by atoms with Crippen LogP contribution < -0.4 is 5.90 Å². The van der Waals surface area contributed by atoms with Crippen molar-refractivity contribution < 1.29 is 4.84 Å². The average molecular weight is 241 g/mol. The van der Waals surface area contributed by atoms with E-state index >= 15 is 0 Å². The minimum atomic E-state index is 0.555. The molecular formula is C16H19NO. The van der Waals surface area contributed by atoms with E-state index in [2.05, 4.69) is 54.2 Å². The van der Waals surface area contributed by atoms with Crippen molar-refractivity contribution in [1.82, 2.24) is 0 Å². The van der Waals surface area contributed by atoms with Gasteiger partial charge in [-0.15, -0.1) is 0 Å². The standard InChI is InChI=1S/C16H19NO/c1-2-14-9-8-13(10-11-18-17)12-16(14)15-6-4-3-5-7-15/h3-9,12H,2,10-11,17H2,1H3. The molecule has 2 heteroatoms. The van der Waals surface area contributed by atoms with Crippen LogP contribution in [0.2, 0.25) is 0 Å². The number of hydrogen-bond donors (Lipinski definition) is 1. The fourth-order valence-corrected chi connectivity index (χ4v) is 2.15. The van der Waals surface area contributed by atoms with Crippen LogP contribution in [0, 0.1) is 0 Å². The number of aryl methyl sites for hydroxylation is 1. The van der Waals surface area contributed by atoms with Crippen LogP contribution in [0.15, 0.2) is 48.5 Å². The fourth-order valence-electron chi connectivity index (χ4n) is 2.15. The van der Waals surface area contributed by atoms with E-state index in [0.29, 0.717) is 6.61 Å². The largest absolute Gasteiger partial charge is 0.304 e. The van der Waals surface area contributed by atoms with Crippen LogP contribution in [-0.2, 0) is 17.7 Å². The minimum Gasteiger partial charge on any atom is -0.304 e. The molecule has 0 aliphatic rings. The predicted octanol–water partition coefficient (Wildman–Crippen LogP) is 3.35. The molecular weight excluding hydrogens is 222 g/mol. The SMILES string of the molecule is CCc1ccc(CCON)cc1-c1ccccc1. The van der Waals surface area contributed by atoms with Crippen LogP contribution in [-0.4, -0.2) is 6.61 Å². The molecule has 94 valence electrons. The molecule has 0 saturated carbocycles. The van der Waals surface area contributed by atoms with Crippen molar-refractivity contribution in [1.29, 1.82) is 0 Å². The van der Waals surface area contributed by atoms with Gasteiger partial charge in [0.2, 0.25) is 0 Å². The molecule has 0 aliphatic carbocycles. The molecule has 2 aromatic rings. The van der Waals surface area contributed by atoms with E-state index in [4.69, 9.17) is 5.90 Å². The van der Waals surface area contributed by atoms with Gasteiger partial charge < -0.3 is 4.84 Å². The zero-order chi connectivity index (χ0) is 12.8. The molecule has 0 unspecified atom stereocenters. The molecule has 18 heavy (non-hydrogen) atoms. The Bertz CT molecular complexity index is 494. The lowest BCUT2D eigenvalue weighted by Crippen LogP contribution is -2.04. The van der Waals surface area contributed by atoms with Crippen LogP contribution in [0.3, 0.4) is 0 Å². The number of nitrogens with two attached hydrogens (primary N) is 1. The van der Waals surface area contributed by atoms with Crippen molar-refractivity contribution in [3.8, 4) is 11.1 Å². The maximum absolute atomic E-state index is 5.08. The van der Waals surface area contributed by atoms with Crippen molar-refractivity contribution in [2.45, 2.75) is 19.8 Å². The van der Waals surface area contributed by atoms with Crippen LogP contribution >= 0.6 is 0 Å². The third-order valence-corrected chi connectivity index (χ3v) is 3.15. The first-order valence-electron chi connectivity index (χ1n) is 6.34. The van der Waals surface area contributed by atoms with Gasteiger partial charge in [-0.2, -0.15) is 0 Å². The van der Waals surface area contributed by atoms with Gasteiger partial charge in [-0.1, -0.05) is 55.5 Å². The third-order valence-electron chi connectivity index (χ3n) is 3.15. The fraction of sp³-hybridized carbons (Fsp3) is 0.250. The molecule has 0 saturated heterocycles. The summed E-state index contributed by atoms with van der Waals surface area (Å²) in [6.07, 6.45) is 1.89. The average Bonchev–Trinajstić information content (AvgIpc) is 2.45. The van der Waals surface area contributed by atoms with Gasteiger partial charge in [0.25, 0.3) is 0 Å². The molecule has 2 nitrogen and oxygen atoms in total. The van der Waals surface area contributed by atoms with Gasteiger partial charge in [0.05, 0.1) is 6.61 Å². The Morgan fingerprint density at radius 2 is 1.83 bits per heavy atom. The van der Waals surface area contributed by atoms with Gasteiger partial charge in [0.1, 0.15) is 0 Å². The molecule has 0 spiro atoms. The zero-order valence-electron chi connectivity index (χ0n) is 10.7. The Labute approximate surface area is 108 Å². The Hall–Kier alpha value is -1.64. The van der Waals surface area contributed by atoms with E-state index in [1.165, 1.54) is 22.3 Å². The van der Waals surface area contributed by atoms with Crippen molar-refractivity contribution in [2.75, 3.05) is 6.61 Å². The van der Waals surface area contributed by atoms with E-state index in [0.717, 1.165) is 12.8 Å². The topological polar surface area (TPSA) is 35.2 Å². The second-order valence-corrected chi connectivity index (χ2v) is 4.33. The highest BCUT2D eigenvalue weighted by Crippen LogP contribution is 2.25. The van der Waals surface area contributed by atoms with Gasteiger partial charge in [-0.25, -0.2) is 5.90 Å². The Balaban J connectivity index is 2.37. The summed E-state index contributed by atoms with van der Waals surface area (Å²) in [5, 5.41) is 0. The van der Waals surface area contributed by atoms with E-state index in [-0.39, 0.29) is 0 Å². The molecule has 0 aromatic heterocycles. The molecule has 2 rings (SSSR count). The van der Waals surface area contributed by atoms with Crippen molar-refractivity contribution in [3.05, 3.63) is 59.7 Å². The van der Waals surface area contributed by atoms with Crippen LogP contribution in [0.4, 0.5) is 0 Å². The first-order valence-corrected chi connectivity index (χ1v) is 6.34. The molecule has 0 amide bonds. The highest BCUT2D eigenvalue weighted by Gasteiger charge is 2.05. The van der Waals surface area contributed by atoms with Gasteiger partial charge >= 0.3 is 0 Å². The Kier molecular flexibility index (Phi) is 4.51. The zero-order valence-corrected chi connectivity index (χ0v) is 10.7. The lowest BCUT2D eigenvalue weighted by molar-refractivity contribution is 0.141. The lowest BCUT2D eigenvalue weighted by atomic mass is 9.95. The second-order valence-electron chi connectivity index (χ2n) is 4.33. The van der Waals surface area contributed by atoms with Crippen LogP contribution in [0.1, 0.15) is 18.1 Å². The number of hydrogen-bond acceptors (Lipinski definition) is 2. The summed E-state index contributed by atoms with van der Waals surface area (Å²) in [5.74, 6) is 5.08. The molecule has 0 heterocycles. The van der Waals surface area contributed by atoms with Gasteiger partial charge in [0.15, 0.2) is 0 Å². The highest BCUT2D eigenvalue weighted by atomic mass is 16.6. The van der Waals surface area contributed by atoms with Gasteiger partial charge in [-0.3, -0.25) is 0 Å². The van der Waals surface area contributed by atoms with Crippen molar-refractivity contribution >= 4 is 0 Å². The maximum atomic E-state index is 5.08. The van der Waals surface area contributed by atoms with Crippen molar-refractivity contribution in [2.24, 2.45) is 5.90 Å². The summed E-state index contributed by atoms with van der Waals surface area (Å²) in [5.41, 5.74) is 5.22. The van der Waals surface area contributed by atoms with Crippen molar-refractivity contribution in [3.63, 3.8) is 0 Å². The minimum absolute atomic E-state index is 0.555.